The van der Waals surface area contributed by atoms with Crippen LogP contribution < -0.4 is 10.9 Å². The van der Waals surface area contributed by atoms with Gasteiger partial charge in [0.05, 0.1) is 28.8 Å². The highest BCUT2D eigenvalue weighted by Crippen LogP contribution is 2.38. The van der Waals surface area contributed by atoms with Crippen LogP contribution in [0.2, 0.25) is 0 Å². The summed E-state index contributed by atoms with van der Waals surface area (Å²) >= 11 is 2.72. The number of amides is 1. The first-order valence-electron chi connectivity index (χ1n) is 11.6. The van der Waals surface area contributed by atoms with Crippen LogP contribution in [0.15, 0.2) is 34.2 Å². The average Bonchev–Trinajstić information content (AvgIpc) is 3.14. The first kappa shape index (κ1) is 24.5. The van der Waals surface area contributed by atoms with Gasteiger partial charge in [0.2, 0.25) is 5.91 Å². The Morgan fingerprint density at radius 2 is 1.94 bits per heavy atom. The van der Waals surface area contributed by atoms with Crippen molar-refractivity contribution >= 4 is 50.9 Å². The quantitative estimate of drug-likeness (QED) is 0.290. The molecule has 1 aliphatic carbocycles. The Labute approximate surface area is 206 Å². The number of nitrogens with one attached hydrogen (secondary N) is 1. The third-order valence-electron chi connectivity index (χ3n) is 6.09. The van der Waals surface area contributed by atoms with Crippen LogP contribution in [-0.2, 0) is 28.9 Å². The number of rotatable bonds is 6. The van der Waals surface area contributed by atoms with E-state index in [0.717, 1.165) is 42.5 Å². The second-order valence-electron chi connectivity index (χ2n) is 8.32. The third kappa shape index (κ3) is 4.90. The van der Waals surface area contributed by atoms with Gasteiger partial charge in [0.1, 0.15) is 5.00 Å². The number of esters is 1. The summed E-state index contributed by atoms with van der Waals surface area (Å²) in [4.78, 5) is 44.5. The summed E-state index contributed by atoms with van der Waals surface area (Å²) in [5.74, 6) is -0.654. The summed E-state index contributed by atoms with van der Waals surface area (Å²) in [5, 5.41) is 4.06. The number of hydrogen-bond acceptors (Lipinski definition) is 7. The maximum absolute atomic E-state index is 13.2. The molecule has 3 aromatic rings. The molecule has 34 heavy (non-hydrogen) atoms. The highest BCUT2D eigenvalue weighted by atomic mass is 32.2. The number of para-hydroxylation sites is 1. The van der Waals surface area contributed by atoms with Gasteiger partial charge in [-0.15, -0.1) is 11.3 Å². The van der Waals surface area contributed by atoms with Crippen LogP contribution in [0.3, 0.4) is 0 Å². The number of fused-ring (bicyclic) bond motifs is 2. The molecule has 1 unspecified atom stereocenters. The van der Waals surface area contributed by atoms with Crippen molar-refractivity contribution in [1.29, 1.82) is 0 Å². The lowest BCUT2D eigenvalue weighted by Crippen LogP contribution is -2.27. The fourth-order valence-electron chi connectivity index (χ4n) is 4.27. The smallest absolute Gasteiger partial charge is 0.341 e. The minimum Gasteiger partial charge on any atom is -0.465 e. The third-order valence-corrected chi connectivity index (χ3v) is 8.39. The van der Waals surface area contributed by atoms with Crippen LogP contribution in [0.25, 0.3) is 10.9 Å². The van der Waals surface area contributed by atoms with E-state index in [9.17, 15) is 14.4 Å². The number of ether oxygens (including phenoxy) is 1. The first-order valence-corrected chi connectivity index (χ1v) is 13.3. The number of anilines is 1. The molecule has 0 saturated carbocycles. The van der Waals surface area contributed by atoms with Gasteiger partial charge in [-0.25, -0.2) is 9.78 Å². The Morgan fingerprint density at radius 1 is 1.21 bits per heavy atom. The molecule has 0 spiro atoms. The zero-order chi connectivity index (χ0) is 24.2. The second kappa shape index (κ2) is 10.7. The average molecular weight is 500 g/mol. The summed E-state index contributed by atoms with van der Waals surface area (Å²) < 4.78 is 6.65. The van der Waals surface area contributed by atoms with E-state index in [1.807, 2.05) is 19.1 Å². The molecule has 1 atom stereocenters. The van der Waals surface area contributed by atoms with Crippen molar-refractivity contribution in [2.45, 2.75) is 69.3 Å². The fraction of sp³-hybridized carbons (Fsp3) is 0.440. The summed E-state index contributed by atoms with van der Waals surface area (Å²) in [5.41, 5.74) is 2.00. The minimum absolute atomic E-state index is 0.116. The van der Waals surface area contributed by atoms with Crippen molar-refractivity contribution in [1.82, 2.24) is 9.55 Å². The van der Waals surface area contributed by atoms with Crippen LogP contribution in [-0.4, -0.2) is 33.8 Å². The topological polar surface area (TPSA) is 90.3 Å². The summed E-state index contributed by atoms with van der Waals surface area (Å²) in [6.45, 7) is 4.12. The van der Waals surface area contributed by atoms with Gasteiger partial charge in [0.25, 0.3) is 5.56 Å². The van der Waals surface area contributed by atoms with E-state index in [2.05, 4.69) is 10.3 Å². The fourth-order valence-corrected chi connectivity index (χ4v) is 6.52. The number of aryl methyl sites for hydroxylation is 1. The number of thiophene rings is 1. The number of aromatic nitrogens is 2. The van der Waals surface area contributed by atoms with Crippen molar-refractivity contribution < 1.29 is 14.3 Å². The molecule has 1 aliphatic rings. The van der Waals surface area contributed by atoms with E-state index in [1.165, 1.54) is 36.6 Å². The Morgan fingerprint density at radius 3 is 2.68 bits per heavy atom. The molecular weight excluding hydrogens is 470 g/mol. The molecule has 1 amide bonds. The second-order valence-corrected chi connectivity index (χ2v) is 10.7. The van der Waals surface area contributed by atoms with Gasteiger partial charge < -0.3 is 10.1 Å². The van der Waals surface area contributed by atoms with Crippen molar-refractivity contribution in [3.05, 3.63) is 50.6 Å². The van der Waals surface area contributed by atoms with Gasteiger partial charge in [-0.3, -0.25) is 14.2 Å². The van der Waals surface area contributed by atoms with E-state index >= 15 is 0 Å². The van der Waals surface area contributed by atoms with Gasteiger partial charge in [-0.1, -0.05) is 36.7 Å². The maximum Gasteiger partial charge on any atom is 0.341 e. The van der Waals surface area contributed by atoms with Crippen LogP contribution in [0.5, 0.6) is 0 Å². The molecule has 1 aromatic carbocycles. The van der Waals surface area contributed by atoms with Gasteiger partial charge in [0, 0.05) is 11.4 Å². The molecular formula is C25H29N3O4S2. The summed E-state index contributed by atoms with van der Waals surface area (Å²) in [6, 6.07) is 7.22. The predicted molar refractivity (Wildman–Crippen MR) is 137 cm³/mol. The van der Waals surface area contributed by atoms with Crippen LogP contribution >= 0.6 is 23.1 Å². The number of carbonyl (C=O) groups excluding carboxylic acids is 2. The van der Waals surface area contributed by atoms with Crippen molar-refractivity contribution in [3.8, 4) is 0 Å². The van der Waals surface area contributed by atoms with Crippen LogP contribution in [0.4, 0.5) is 5.00 Å². The number of methoxy groups -OCH3 is 1. The molecule has 0 saturated heterocycles. The van der Waals surface area contributed by atoms with E-state index in [1.54, 1.807) is 23.6 Å². The molecule has 2 heterocycles. The molecule has 0 radical (unpaired) electrons. The van der Waals surface area contributed by atoms with Gasteiger partial charge in [-0.2, -0.15) is 0 Å². The van der Waals surface area contributed by atoms with E-state index in [-0.39, 0.29) is 11.5 Å². The molecule has 180 valence electrons. The largest absolute Gasteiger partial charge is 0.465 e. The highest BCUT2D eigenvalue weighted by molar-refractivity contribution is 8.00. The van der Waals surface area contributed by atoms with Crippen LogP contribution in [0.1, 0.15) is 60.3 Å². The molecule has 7 nitrogen and oxygen atoms in total. The molecule has 0 bridgehead atoms. The van der Waals surface area contributed by atoms with Crippen molar-refractivity contribution in [3.63, 3.8) is 0 Å². The minimum atomic E-state index is -0.527. The molecule has 9 heteroatoms. The SMILES string of the molecule is CCn1c(SC(C)C(=O)Nc2sc3c(c2C(=O)OC)CCCCCC3)nc2ccccc2c1=O. The lowest BCUT2D eigenvalue weighted by Gasteiger charge is -2.15. The lowest BCUT2D eigenvalue weighted by atomic mass is 9.96. The van der Waals surface area contributed by atoms with Gasteiger partial charge >= 0.3 is 5.97 Å². The standard InChI is InChI=1S/C25H29N3O4S2/c1-4-28-23(30)16-11-9-10-13-18(16)26-25(28)33-15(2)21(29)27-22-20(24(31)32-3)17-12-7-5-6-8-14-19(17)34-22/h9-11,13,15H,4-8,12,14H2,1-3H3,(H,27,29). The zero-order valence-electron chi connectivity index (χ0n) is 19.7. The first-order chi connectivity index (χ1) is 16.4. The van der Waals surface area contributed by atoms with E-state index < -0.39 is 11.2 Å². The number of nitrogens with zero attached hydrogens (tertiary/aromatic N) is 2. The number of hydrogen-bond donors (Lipinski definition) is 1. The van der Waals surface area contributed by atoms with Crippen LogP contribution in [0, 0.1) is 0 Å². The molecule has 0 aliphatic heterocycles. The summed E-state index contributed by atoms with van der Waals surface area (Å²) in [6.07, 6.45) is 6.15. The monoisotopic (exact) mass is 499 g/mol. The van der Waals surface area contributed by atoms with Gasteiger partial charge in [0.15, 0.2) is 5.16 Å². The van der Waals surface area contributed by atoms with Crippen molar-refractivity contribution in [2.75, 3.05) is 12.4 Å². The number of benzene rings is 1. The Bertz CT molecular complexity index is 1280. The van der Waals surface area contributed by atoms with Gasteiger partial charge in [-0.05, 0) is 57.2 Å². The van der Waals surface area contributed by atoms with E-state index in [0.29, 0.717) is 33.2 Å². The highest BCUT2D eigenvalue weighted by Gasteiger charge is 2.27. The van der Waals surface area contributed by atoms with E-state index in [4.69, 9.17) is 4.74 Å². The Hall–Kier alpha value is -2.65. The number of carbonyl (C=O) groups is 2. The lowest BCUT2D eigenvalue weighted by molar-refractivity contribution is -0.115. The Balaban J connectivity index is 1.61. The van der Waals surface area contributed by atoms with Crippen molar-refractivity contribution in [2.24, 2.45) is 0 Å². The molecule has 4 rings (SSSR count). The molecule has 2 aromatic heterocycles. The maximum atomic E-state index is 13.2. The predicted octanol–water partition coefficient (Wildman–Crippen LogP) is 5.04. The molecule has 0 fully saturated rings. The zero-order valence-corrected chi connectivity index (χ0v) is 21.3. The normalized spacial score (nSPS) is 14.7. The summed E-state index contributed by atoms with van der Waals surface area (Å²) in [7, 11) is 1.37. The number of thioether (sulfide) groups is 1. The Kier molecular flexibility index (Phi) is 7.73. The molecule has 1 N–H and O–H groups in total.